The number of fused-ring (bicyclic) bond motifs is 1. The highest BCUT2D eigenvalue weighted by molar-refractivity contribution is 8.00. The lowest BCUT2D eigenvalue weighted by Crippen LogP contribution is -2.17. The first-order valence-electron chi connectivity index (χ1n) is 8.60. The summed E-state index contributed by atoms with van der Waals surface area (Å²) in [6.07, 6.45) is -1.55. The molecule has 10 heteroatoms. The number of thiazole rings is 1. The van der Waals surface area contributed by atoms with Gasteiger partial charge in [0, 0.05) is 12.0 Å². The average molecular weight is 451 g/mol. The Labute approximate surface area is 176 Å². The fourth-order valence-corrected chi connectivity index (χ4v) is 4.66. The van der Waals surface area contributed by atoms with E-state index in [0.717, 1.165) is 12.1 Å². The van der Waals surface area contributed by atoms with E-state index < -0.39 is 17.6 Å². The Hall–Kier alpha value is -2.72. The fourth-order valence-electron chi connectivity index (χ4n) is 3.14. The van der Waals surface area contributed by atoms with Gasteiger partial charge in [0.1, 0.15) is 5.82 Å². The Morgan fingerprint density at radius 2 is 1.97 bits per heavy atom. The number of aromatic nitrogens is 1. The molecule has 1 aliphatic heterocycles. The molecular weight excluding hydrogens is 438 g/mol. The smallest absolute Gasteiger partial charge is 0.416 e. The maximum atomic E-state index is 13.5. The van der Waals surface area contributed by atoms with Crippen molar-refractivity contribution in [2.24, 2.45) is 10.2 Å². The summed E-state index contributed by atoms with van der Waals surface area (Å²) < 4.78 is 54.7. The second-order valence-corrected chi connectivity index (χ2v) is 8.46. The van der Waals surface area contributed by atoms with Gasteiger partial charge in [-0.15, -0.1) is 11.3 Å². The SMILES string of the molecule is CSc1nc(O)c(C(Cc2ccc(F)cc2C(F)(F)F)=c2ccc3c(c2)C=NN=3)s1. The summed E-state index contributed by atoms with van der Waals surface area (Å²) in [5.74, 6) is -1.22. The highest BCUT2D eigenvalue weighted by atomic mass is 32.2. The summed E-state index contributed by atoms with van der Waals surface area (Å²) in [6, 6.07) is 7.77. The van der Waals surface area contributed by atoms with E-state index in [-0.39, 0.29) is 17.9 Å². The Bertz CT molecular complexity index is 1280. The van der Waals surface area contributed by atoms with Crippen LogP contribution in [-0.2, 0) is 12.6 Å². The molecule has 30 heavy (non-hydrogen) atoms. The van der Waals surface area contributed by atoms with Crippen LogP contribution in [0, 0.1) is 5.82 Å². The summed E-state index contributed by atoms with van der Waals surface area (Å²) in [4.78, 5) is 4.43. The Morgan fingerprint density at radius 3 is 2.67 bits per heavy atom. The molecule has 0 saturated carbocycles. The van der Waals surface area contributed by atoms with Gasteiger partial charge in [0.05, 0.1) is 22.0 Å². The van der Waals surface area contributed by atoms with E-state index in [2.05, 4.69) is 15.2 Å². The van der Waals surface area contributed by atoms with E-state index >= 15 is 0 Å². The first-order chi connectivity index (χ1) is 14.3. The standard InChI is InChI=1S/C20H13F4N3OS2/c1-29-19-26-18(28)17(30-19)14(10-3-5-16-12(6-10)9-25-27-16)7-11-2-4-13(21)8-15(11)20(22,23)24/h2-6,8-9,28H,7H2,1H3. The zero-order valence-corrected chi connectivity index (χ0v) is 17.0. The zero-order valence-electron chi connectivity index (χ0n) is 15.4. The minimum absolute atomic E-state index is 0.101. The summed E-state index contributed by atoms with van der Waals surface area (Å²) >= 11 is 2.50. The van der Waals surface area contributed by atoms with Gasteiger partial charge in [-0.3, -0.25) is 0 Å². The number of alkyl halides is 3. The number of nitrogens with zero attached hydrogens (tertiary/aromatic N) is 3. The second-order valence-electron chi connectivity index (χ2n) is 6.41. The van der Waals surface area contributed by atoms with Gasteiger partial charge >= 0.3 is 6.18 Å². The van der Waals surface area contributed by atoms with Crippen LogP contribution in [0.1, 0.15) is 21.6 Å². The normalized spacial score (nSPS) is 13.9. The maximum Gasteiger partial charge on any atom is 0.416 e. The highest BCUT2D eigenvalue weighted by Crippen LogP contribution is 2.38. The number of benzene rings is 2. The molecule has 0 unspecified atom stereocenters. The van der Waals surface area contributed by atoms with Crippen molar-refractivity contribution in [3.8, 4) is 5.88 Å². The molecule has 1 aliphatic rings. The molecule has 0 aliphatic carbocycles. The van der Waals surface area contributed by atoms with Crippen LogP contribution in [0.15, 0.2) is 50.9 Å². The average Bonchev–Trinajstić information content (AvgIpc) is 3.32. The van der Waals surface area contributed by atoms with Crippen LogP contribution in [-0.4, -0.2) is 22.6 Å². The molecule has 0 bridgehead atoms. The van der Waals surface area contributed by atoms with E-state index in [0.29, 0.717) is 37.0 Å². The molecule has 0 radical (unpaired) electrons. The monoisotopic (exact) mass is 451 g/mol. The molecule has 4 rings (SSSR count). The van der Waals surface area contributed by atoms with Gasteiger partial charge in [-0.25, -0.2) is 4.39 Å². The van der Waals surface area contributed by atoms with Crippen molar-refractivity contribution in [2.45, 2.75) is 16.9 Å². The predicted molar refractivity (Wildman–Crippen MR) is 108 cm³/mol. The lowest BCUT2D eigenvalue weighted by Gasteiger charge is -2.14. The number of halogens is 4. The molecule has 0 saturated heterocycles. The van der Waals surface area contributed by atoms with Crippen LogP contribution in [0.3, 0.4) is 0 Å². The highest BCUT2D eigenvalue weighted by Gasteiger charge is 2.34. The van der Waals surface area contributed by atoms with Crippen molar-refractivity contribution in [2.75, 3.05) is 6.26 Å². The molecule has 154 valence electrons. The van der Waals surface area contributed by atoms with Crippen LogP contribution in [0.2, 0.25) is 0 Å². The van der Waals surface area contributed by atoms with Crippen LogP contribution < -0.4 is 10.6 Å². The molecule has 0 spiro atoms. The number of aromatic hydroxyl groups is 1. The maximum absolute atomic E-state index is 13.5. The van der Waals surface area contributed by atoms with Gasteiger partial charge < -0.3 is 5.11 Å². The number of hydrogen-bond donors (Lipinski definition) is 1. The molecule has 0 amide bonds. The van der Waals surface area contributed by atoms with Crippen molar-refractivity contribution < 1.29 is 22.7 Å². The Morgan fingerprint density at radius 1 is 1.17 bits per heavy atom. The van der Waals surface area contributed by atoms with Gasteiger partial charge in [0.25, 0.3) is 0 Å². The third kappa shape index (κ3) is 3.97. The molecule has 4 nitrogen and oxygen atoms in total. The molecule has 2 heterocycles. The van der Waals surface area contributed by atoms with Gasteiger partial charge in [-0.1, -0.05) is 23.9 Å². The summed E-state index contributed by atoms with van der Waals surface area (Å²) in [5.41, 5.74) is 0.0165. The summed E-state index contributed by atoms with van der Waals surface area (Å²) in [6.45, 7) is 0. The first kappa shape index (κ1) is 20.5. The van der Waals surface area contributed by atoms with Crippen LogP contribution in [0.4, 0.5) is 17.6 Å². The molecule has 0 fully saturated rings. The van der Waals surface area contributed by atoms with E-state index in [9.17, 15) is 22.7 Å². The van der Waals surface area contributed by atoms with Crippen molar-refractivity contribution in [1.82, 2.24) is 4.98 Å². The van der Waals surface area contributed by atoms with E-state index in [1.165, 1.54) is 23.1 Å². The molecule has 1 aromatic heterocycles. The topological polar surface area (TPSA) is 57.8 Å². The van der Waals surface area contributed by atoms with Crippen molar-refractivity contribution in [3.63, 3.8) is 0 Å². The van der Waals surface area contributed by atoms with Crippen LogP contribution in [0.25, 0.3) is 5.57 Å². The number of rotatable bonds is 4. The Balaban J connectivity index is 1.95. The summed E-state index contributed by atoms with van der Waals surface area (Å²) in [5, 5.41) is 19.4. The lowest BCUT2D eigenvalue weighted by atomic mass is 9.96. The minimum atomic E-state index is -4.72. The van der Waals surface area contributed by atoms with Crippen LogP contribution >= 0.6 is 23.1 Å². The van der Waals surface area contributed by atoms with Gasteiger partial charge in [-0.05, 0) is 46.9 Å². The van der Waals surface area contributed by atoms with Gasteiger partial charge in [0.2, 0.25) is 5.88 Å². The largest absolute Gasteiger partial charge is 0.492 e. The van der Waals surface area contributed by atoms with Crippen molar-refractivity contribution in [3.05, 3.63) is 74.4 Å². The van der Waals surface area contributed by atoms with E-state index in [1.807, 2.05) is 0 Å². The lowest BCUT2D eigenvalue weighted by molar-refractivity contribution is -0.138. The third-order valence-corrected chi connectivity index (χ3v) is 6.61. The molecule has 3 aromatic rings. The minimum Gasteiger partial charge on any atom is -0.492 e. The van der Waals surface area contributed by atoms with Gasteiger partial charge in [-0.2, -0.15) is 28.4 Å². The predicted octanol–water partition coefficient (Wildman–Crippen LogP) is 4.14. The van der Waals surface area contributed by atoms with E-state index in [4.69, 9.17) is 0 Å². The molecule has 1 N–H and O–H groups in total. The van der Waals surface area contributed by atoms with Crippen LogP contribution in [0.5, 0.6) is 5.88 Å². The van der Waals surface area contributed by atoms with Crippen molar-refractivity contribution >= 4 is 34.9 Å². The first-order valence-corrected chi connectivity index (χ1v) is 10.6. The molecule has 2 aromatic carbocycles. The summed E-state index contributed by atoms with van der Waals surface area (Å²) in [7, 11) is 0. The third-order valence-electron chi connectivity index (χ3n) is 4.52. The second kappa shape index (κ2) is 7.84. The fraction of sp³-hybridized carbons (Fsp3) is 0.150. The van der Waals surface area contributed by atoms with Gasteiger partial charge in [0.15, 0.2) is 4.34 Å². The molecule has 0 atom stereocenters. The Kier molecular flexibility index (Phi) is 5.37. The molecular formula is C20H13F4N3OS2. The van der Waals surface area contributed by atoms with E-state index in [1.54, 1.807) is 30.7 Å². The number of hydrogen-bond acceptors (Lipinski definition) is 6. The zero-order chi connectivity index (χ0) is 21.5. The van der Waals surface area contributed by atoms with Crippen molar-refractivity contribution in [1.29, 1.82) is 0 Å². The quantitative estimate of drug-likeness (QED) is 0.479. The number of thioether (sulfide) groups is 1.